The summed E-state index contributed by atoms with van der Waals surface area (Å²) >= 11 is 0. The Labute approximate surface area is 161 Å². The van der Waals surface area contributed by atoms with Gasteiger partial charge in [-0.25, -0.2) is 12.8 Å². The van der Waals surface area contributed by atoms with Gasteiger partial charge < -0.3 is 5.32 Å². The van der Waals surface area contributed by atoms with Crippen molar-refractivity contribution in [2.24, 2.45) is 0 Å². The zero-order valence-corrected chi connectivity index (χ0v) is 15.2. The zero-order valence-electron chi connectivity index (χ0n) is 14.4. The van der Waals surface area contributed by atoms with Crippen LogP contribution in [0.15, 0.2) is 77.7 Å². The maximum Gasteiger partial charge on any atom is 0.261 e. The molecule has 0 spiro atoms. The molecule has 0 saturated heterocycles. The van der Waals surface area contributed by atoms with E-state index in [1.165, 1.54) is 54.6 Å². The molecule has 6 nitrogen and oxygen atoms in total. The number of amides is 1. The molecule has 0 aliphatic rings. The topological polar surface area (TPSA) is 99.1 Å². The van der Waals surface area contributed by atoms with Gasteiger partial charge in [0.1, 0.15) is 11.9 Å². The highest BCUT2D eigenvalue weighted by Gasteiger charge is 2.18. The van der Waals surface area contributed by atoms with Gasteiger partial charge in [-0.1, -0.05) is 30.3 Å². The normalized spacial score (nSPS) is 10.7. The van der Waals surface area contributed by atoms with Crippen LogP contribution in [0, 0.1) is 17.1 Å². The number of benzene rings is 3. The minimum atomic E-state index is -4.04. The van der Waals surface area contributed by atoms with E-state index >= 15 is 0 Å². The summed E-state index contributed by atoms with van der Waals surface area (Å²) in [4.78, 5) is 12.2. The van der Waals surface area contributed by atoms with Crippen LogP contribution in [0.25, 0.3) is 0 Å². The smallest absolute Gasteiger partial charge is 0.261 e. The summed E-state index contributed by atoms with van der Waals surface area (Å²) in [6.45, 7) is 0. The fourth-order valence-electron chi connectivity index (χ4n) is 2.43. The van der Waals surface area contributed by atoms with Gasteiger partial charge in [-0.05, 0) is 42.5 Å². The van der Waals surface area contributed by atoms with Gasteiger partial charge in [0.25, 0.3) is 15.9 Å². The van der Waals surface area contributed by atoms with Crippen LogP contribution in [-0.2, 0) is 10.0 Å². The number of para-hydroxylation sites is 2. The van der Waals surface area contributed by atoms with Gasteiger partial charge in [-0.15, -0.1) is 0 Å². The summed E-state index contributed by atoms with van der Waals surface area (Å²) in [5.74, 6) is -1.26. The minimum Gasteiger partial charge on any atom is -0.319 e. The molecular weight excluding hydrogens is 381 g/mol. The maximum absolute atomic E-state index is 13.7. The quantitative estimate of drug-likeness (QED) is 0.687. The van der Waals surface area contributed by atoms with E-state index in [1.54, 1.807) is 18.2 Å². The molecular formula is C20H14FN3O3S. The number of halogens is 1. The summed E-state index contributed by atoms with van der Waals surface area (Å²) in [7, 11) is -4.04. The van der Waals surface area contributed by atoms with E-state index in [1.807, 2.05) is 6.07 Å². The first kappa shape index (κ1) is 19.1. The van der Waals surface area contributed by atoms with E-state index < -0.39 is 21.7 Å². The van der Waals surface area contributed by atoms with Crippen molar-refractivity contribution in [3.63, 3.8) is 0 Å². The van der Waals surface area contributed by atoms with Crippen molar-refractivity contribution < 1.29 is 17.6 Å². The number of anilines is 2. The van der Waals surface area contributed by atoms with Crippen molar-refractivity contribution in [1.29, 1.82) is 5.26 Å². The van der Waals surface area contributed by atoms with Crippen molar-refractivity contribution in [3.8, 4) is 6.07 Å². The first-order valence-corrected chi connectivity index (χ1v) is 9.57. The lowest BCUT2D eigenvalue weighted by atomic mass is 10.2. The summed E-state index contributed by atoms with van der Waals surface area (Å²) < 4.78 is 41.3. The molecule has 0 atom stereocenters. The molecule has 3 rings (SSSR count). The number of carbonyl (C=O) groups is 1. The van der Waals surface area contributed by atoms with Gasteiger partial charge in [0.15, 0.2) is 0 Å². The number of sulfonamides is 1. The van der Waals surface area contributed by atoms with E-state index in [0.29, 0.717) is 0 Å². The average Bonchev–Trinajstić information content (AvgIpc) is 2.70. The molecule has 28 heavy (non-hydrogen) atoms. The van der Waals surface area contributed by atoms with Crippen molar-refractivity contribution in [3.05, 3.63) is 89.7 Å². The third kappa shape index (κ3) is 4.16. The molecule has 2 N–H and O–H groups in total. The van der Waals surface area contributed by atoms with E-state index in [9.17, 15) is 17.6 Å². The van der Waals surface area contributed by atoms with Crippen molar-refractivity contribution in [2.45, 2.75) is 4.90 Å². The predicted molar refractivity (Wildman–Crippen MR) is 103 cm³/mol. The minimum absolute atomic E-state index is 0.0122. The molecule has 140 valence electrons. The monoisotopic (exact) mass is 395 g/mol. The van der Waals surface area contributed by atoms with Crippen molar-refractivity contribution in [2.75, 3.05) is 10.0 Å². The van der Waals surface area contributed by atoms with Crippen LogP contribution in [0.5, 0.6) is 0 Å². The molecule has 8 heteroatoms. The Balaban J connectivity index is 1.87. The molecule has 3 aromatic carbocycles. The number of nitrogens with zero attached hydrogens (tertiary/aromatic N) is 1. The van der Waals surface area contributed by atoms with Crippen molar-refractivity contribution >= 4 is 27.3 Å². The van der Waals surface area contributed by atoms with Crippen LogP contribution >= 0.6 is 0 Å². The second-order valence-electron chi connectivity index (χ2n) is 5.72. The lowest BCUT2D eigenvalue weighted by Crippen LogP contribution is -2.16. The zero-order chi connectivity index (χ0) is 20.1. The number of hydrogen-bond acceptors (Lipinski definition) is 4. The molecule has 0 aliphatic heterocycles. The molecule has 0 radical (unpaired) electrons. The average molecular weight is 395 g/mol. The Hall–Kier alpha value is -3.70. The number of nitriles is 1. The highest BCUT2D eigenvalue weighted by Crippen LogP contribution is 2.21. The first-order valence-electron chi connectivity index (χ1n) is 8.08. The highest BCUT2D eigenvalue weighted by molar-refractivity contribution is 7.92. The van der Waals surface area contributed by atoms with E-state index in [2.05, 4.69) is 10.0 Å². The first-order chi connectivity index (χ1) is 13.4. The summed E-state index contributed by atoms with van der Waals surface area (Å²) in [6, 6.07) is 19.0. The molecule has 0 aliphatic carbocycles. The Morgan fingerprint density at radius 1 is 0.929 bits per heavy atom. The highest BCUT2D eigenvalue weighted by atomic mass is 32.2. The molecule has 0 unspecified atom stereocenters. The van der Waals surface area contributed by atoms with Gasteiger partial charge in [-0.3, -0.25) is 9.52 Å². The Bertz CT molecular complexity index is 1190. The third-order valence-electron chi connectivity index (χ3n) is 3.82. The van der Waals surface area contributed by atoms with Crippen LogP contribution in [0.4, 0.5) is 15.8 Å². The second-order valence-corrected chi connectivity index (χ2v) is 7.41. The van der Waals surface area contributed by atoms with Crippen LogP contribution in [-0.4, -0.2) is 14.3 Å². The predicted octanol–water partition coefficient (Wildman–Crippen LogP) is 3.75. The SMILES string of the molecule is N#Cc1ccccc1NS(=O)(=O)c1cccc(C(=O)Nc2ccccc2F)c1. The van der Waals surface area contributed by atoms with Crippen molar-refractivity contribution in [1.82, 2.24) is 0 Å². The second kappa shape index (κ2) is 7.90. The van der Waals surface area contributed by atoms with Gasteiger partial charge in [0.2, 0.25) is 0 Å². The van der Waals surface area contributed by atoms with Crippen LogP contribution in [0.2, 0.25) is 0 Å². The fourth-order valence-corrected chi connectivity index (χ4v) is 3.56. The van der Waals surface area contributed by atoms with Gasteiger partial charge >= 0.3 is 0 Å². The Kier molecular flexibility index (Phi) is 5.38. The number of carbonyl (C=O) groups excluding carboxylic acids is 1. The maximum atomic E-state index is 13.7. The molecule has 0 aromatic heterocycles. The third-order valence-corrected chi connectivity index (χ3v) is 5.18. The number of hydrogen-bond donors (Lipinski definition) is 2. The largest absolute Gasteiger partial charge is 0.319 e. The lowest BCUT2D eigenvalue weighted by molar-refractivity contribution is 0.102. The van der Waals surface area contributed by atoms with Crippen LogP contribution in [0.1, 0.15) is 15.9 Å². The summed E-state index contributed by atoms with van der Waals surface area (Å²) in [6.07, 6.45) is 0. The van der Waals surface area contributed by atoms with E-state index in [0.717, 1.165) is 0 Å². The molecule has 0 fully saturated rings. The Morgan fingerprint density at radius 2 is 1.61 bits per heavy atom. The van der Waals surface area contributed by atoms with E-state index in [-0.39, 0.29) is 27.4 Å². The Morgan fingerprint density at radius 3 is 2.32 bits per heavy atom. The molecule has 1 amide bonds. The summed E-state index contributed by atoms with van der Waals surface area (Å²) in [5, 5.41) is 11.5. The fraction of sp³-hybridized carbons (Fsp3) is 0. The molecule has 0 saturated carbocycles. The van der Waals surface area contributed by atoms with Crippen LogP contribution in [0.3, 0.4) is 0 Å². The molecule has 0 heterocycles. The lowest BCUT2D eigenvalue weighted by Gasteiger charge is -2.11. The summed E-state index contributed by atoms with van der Waals surface area (Å²) in [5.41, 5.74) is 0.326. The van der Waals surface area contributed by atoms with Gasteiger partial charge in [-0.2, -0.15) is 5.26 Å². The number of nitrogens with one attached hydrogen (secondary N) is 2. The standard InChI is InChI=1S/C20H14FN3O3S/c21-17-9-2-4-11-19(17)23-20(25)14-7-5-8-16(12-14)28(26,27)24-18-10-3-1-6-15(18)13-22/h1-12,24H,(H,23,25). The van der Waals surface area contributed by atoms with Gasteiger partial charge in [0.05, 0.1) is 21.8 Å². The molecule has 0 bridgehead atoms. The molecule has 3 aromatic rings. The van der Waals surface area contributed by atoms with Crippen LogP contribution < -0.4 is 10.0 Å². The van der Waals surface area contributed by atoms with Gasteiger partial charge in [0, 0.05) is 5.56 Å². The van der Waals surface area contributed by atoms with E-state index in [4.69, 9.17) is 5.26 Å². The number of rotatable bonds is 5.